The van der Waals surface area contributed by atoms with Crippen LogP contribution in [0.4, 0.5) is 4.79 Å². The number of amides is 3. The molecule has 0 radical (unpaired) electrons. The van der Waals surface area contributed by atoms with E-state index in [0.29, 0.717) is 26.2 Å². The maximum Gasteiger partial charge on any atom is 0.317 e. The molecule has 2 rings (SSSR count). The number of hydrogen-bond donors (Lipinski definition) is 1. The van der Waals surface area contributed by atoms with E-state index in [-0.39, 0.29) is 18.0 Å². The molecular weight excluding hydrogens is 314 g/mol. The van der Waals surface area contributed by atoms with Crippen LogP contribution in [-0.2, 0) is 6.42 Å². The zero-order chi connectivity index (χ0) is 18.2. The van der Waals surface area contributed by atoms with Gasteiger partial charge in [-0.05, 0) is 50.8 Å². The fourth-order valence-electron chi connectivity index (χ4n) is 3.04. The third-order valence-electron chi connectivity index (χ3n) is 4.50. The van der Waals surface area contributed by atoms with Gasteiger partial charge in [0.25, 0.3) is 5.91 Å². The van der Waals surface area contributed by atoms with Gasteiger partial charge < -0.3 is 15.1 Å². The summed E-state index contributed by atoms with van der Waals surface area (Å²) in [5, 5.41) is 2.92. The lowest BCUT2D eigenvalue weighted by Crippen LogP contribution is -2.44. The molecule has 0 atom stereocenters. The van der Waals surface area contributed by atoms with Crippen molar-refractivity contribution in [1.82, 2.24) is 15.1 Å². The maximum absolute atomic E-state index is 12.7. The van der Waals surface area contributed by atoms with E-state index in [2.05, 4.69) is 24.4 Å². The number of unbranched alkanes of at least 4 members (excludes halogenated alkanes) is 1. The Morgan fingerprint density at radius 3 is 2.32 bits per heavy atom. The monoisotopic (exact) mass is 345 g/mol. The first-order valence-corrected chi connectivity index (χ1v) is 9.45. The summed E-state index contributed by atoms with van der Waals surface area (Å²) >= 11 is 0. The molecule has 1 fully saturated rings. The summed E-state index contributed by atoms with van der Waals surface area (Å²) in [7, 11) is 0. The second-order valence-electron chi connectivity index (χ2n) is 7.04. The van der Waals surface area contributed by atoms with Crippen LogP contribution in [0.15, 0.2) is 24.3 Å². The van der Waals surface area contributed by atoms with Crippen molar-refractivity contribution in [2.24, 2.45) is 0 Å². The Morgan fingerprint density at radius 1 is 1.04 bits per heavy atom. The third kappa shape index (κ3) is 5.76. The van der Waals surface area contributed by atoms with Crippen molar-refractivity contribution in [3.8, 4) is 0 Å². The zero-order valence-electron chi connectivity index (χ0n) is 15.8. The van der Waals surface area contributed by atoms with Gasteiger partial charge in [0.1, 0.15) is 0 Å². The molecule has 3 amide bonds. The van der Waals surface area contributed by atoms with Gasteiger partial charge in [-0.15, -0.1) is 0 Å². The summed E-state index contributed by atoms with van der Waals surface area (Å²) in [6, 6.07) is 8.07. The summed E-state index contributed by atoms with van der Waals surface area (Å²) < 4.78 is 0. The third-order valence-corrected chi connectivity index (χ3v) is 4.50. The number of nitrogens with zero attached hydrogens (tertiary/aromatic N) is 2. The summed E-state index contributed by atoms with van der Waals surface area (Å²) in [5.74, 6) is 0.0631. The highest BCUT2D eigenvalue weighted by molar-refractivity contribution is 5.94. The lowest BCUT2D eigenvalue weighted by Gasteiger charge is -2.23. The molecule has 25 heavy (non-hydrogen) atoms. The molecule has 5 nitrogen and oxygen atoms in total. The van der Waals surface area contributed by atoms with E-state index in [1.807, 2.05) is 30.9 Å². The average molecular weight is 345 g/mol. The van der Waals surface area contributed by atoms with Crippen LogP contribution in [0.3, 0.4) is 0 Å². The van der Waals surface area contributed by atoms with Gasteiger partial charge in [0.2, 0.25) is 0 Å². The van der Waals surface area contributed by atoms with E-state index in [0.717, 1.165) is 18.4 Å². The van der Waals surface area contributed by atoms with Gasteiger partial charge in [-0.25, -0.2) is 4.79 Å². The minimum Gasteiger partial charge on any atom is -0.337 e. The minimum atomic E-state index is -0.0374. The number of benzene rings is 1. The number of rotatable bonds is 5. The van der Waals surface area contributed by atoms with Crippen LogP contribution < -0.4 is 5.32 Å². The van der Waals surface area contributed by atoms with Crippen molar-refractivity contribution >= 4 is 11.9 Å². The number of carbonyl (C=O) groups is 2. The van der Waals surface area contributed by atoms with Crippen LogP contribution in [0.1, 0.15) is 56.0 Å². The highest BCUT2D eigenvalue weighted by atomic mass is 16.2. The van der Waals surface area contributed by atoms with E-state index in [1.54, 1.807) is 4.90 Å². The normalized spacial score (nSPS) is 15.2. The fraction of sp³-hybridized carbons (Fsp3) is 0.600. The molecule has 1 aliphatic heterocycles. The molecule has 0 saturated carbocycles. The Balaban J connectivity index is 1.93. The summed E-state index contributed by atoms with van der Waals surface area (Å²) in [4.78, 5) is 28.6. The topological polar surface area (TPSA) is 52.7 Å². The van der Waals surface area contributed by atoms with Crippen molar-refractivity contribution in [2.45, 2.75) is 52.5 Å². The molecule has 1 heterocycles. The molecule has 5 heteroatoms. The Hall–Kier alpha value is -2.04. The van der Waals surface area contributed by atoms with Crippen molar-refractivity contribution in [2.75, 3.05) is 26.2 Å². The summed E-state index contributed by atoms with van der Waals surface area (Å²) in [5.41, 5.74) is 2.02. The lowest BCUT2D eigenvalue weighted by atomic mass is 10.1. The first kappa shape index (κ1) is 19.3. The van der Waals surface area contributed by atoms with Crippen molar-refractivity contribution in [3.63, 3.8) is 0 Å². The fourth-order valence-corrected chi connectivity index (χ4v) is 3.04. The van der Waals surface area contributed by atoms with Crippen LogP contribution in [0, 0.1) is 0 Å². The van der Waals surface area contributed by atoms with Gasteiger partial charge >= 0.3 is 6.03 Å². The van der Waals surface area contributed by atoms with Crippen LogP contribution in [-0.4, -0.2) is 54.0 Å². The number of urea groups is 1. The maximum atomic E-state index is 12.7. The molecule has 0 spiro atoms. The van der Waals surface area contributed by atoms with Gasteiger partial charge in [0, 0.05) is 37.8 Å². The van der Waals surface area contributed by atoms with Crippen molar-refractivity contribution < 1.29 is 9.59 Å². The minimum absolute atomic E-state index is 0.0374. The van der Waals surface area contributed by atoms with E-state index in [9.17, 15) is 9.59 Å². The summed E-state index contributed by atoms with van der Waals surface area (Å²) in [6.07, 6.45) is 4.23. The average Bonchev–Trinajstić information content (AvgIpc) is 2.85. The number of carbonyl (C=O) groups excluding carboxylic acids is 2. The SMILES string of the molecule is CCCCc1ccc(C(=O)N2CCCN(C(=O)NC(C)C)CC2)cc1. The van der Waals surface area contributed by atoms with E-state index >= 15 is 0 Å². The first-order valence-electron chi connectivity index (χ1n) is 9.45. The number of hydrogen-bond acceptors (Lipinski definition) is 2. The predicted molar refractivity (Wildman–Crippen MR) is 101 cm³/mol. The van der Waals surface area contributed by atoms with Gasteiger partial charge in [-0.2, -0.15) is 0 Å². The second kappa shape index (κ2) is 9.44. The molecule has 1 aromatic rings. The van der Waals surface area contributed by atoms with E-state index in [4.69, 9.17) is 0 Å². The first-order chi connectivity index (χ1) is 12.0. The molecule has 1 aromatic carbocycles. The largest absolute Gasteiger partial charge is 0.337 e. The second-order valence-corrected chi connectivity index (χ2v) is 7.04. The van der Waals surface area contributed by atoms with Crippen LogP contribution in [0.2, 0.25) is 0 Å². The van der Waals surface area contributed by atoms with Crippen LogP contribution in [0.25, 0.3) is 0 Å². The number of aryl methyl sites for hydroxylation is 1. The molecule has 138 valence electrons. The van der Waals surface area contributed by atoms with Gasteiger partial charge in [-0.1, -0.05) is 25.5 Å². The van der Waals surface area contributed by atoms with Gasteiger partial charge in [0.15, 0.2) is 0 Å². The molecule has 1 aliphatic rings. The van der Waals surface area contributed by atoms with Gasteiger partial charge in [-0.3, -0.25) is 4.79 Å². The smallest absolute Gasteiger partial charge is 0.317 e. The predicted octanol–water partition coefficient (Wildman–Crippen LogP) is 3.30. The Morgan fingerprint density at radius 2 is 1.68 bits per heavy atom. The zero-order valence-corrected chi connectivity index (χ0v) is 15.8. The Labute approximate surface area is 151 Å². The lowest BCUT2D eigenvalue weighted by molar-refractivity contribution is 0.0762. The molecule has 0 bridgehead atoms. The molecule has 1 N–H and O–H groups in total. The summed E-state index contributed by atoms with van der Waals surface area (Å²) in [6.45, 7) is 8.65. The molecule has 0 unspecified atom stereocenters. The van der Waals surface area contributed by atoms with Crippen LogP contribution >= 0.6 is 0 Å². The number of nitrogens with one attached hydrogen (secondary N) is 1. The highest BCUT2D eigenvalue weighted by Crippen LogP contribution is 2.12. The molecule has 0 aromatic heterocycles. The Bertz CT molecular complexity index is 569. The van der Waals surface area contributed by atoms with Gasteiger partial charge in [0.05, 0.1) is 0 Å². The van der Waals surface area contributed by atoms with E-state index in [1.165, 1.54) is 18.4 Å². The highest BCUT2D eigenvalue weighted by Gasteiger charge is 2.23. The quantitative estimate of drug-likeness (QED) is 0.890. The van der Waals surface area contributed by atoms with Crippen molar-refractivity contribution in [1.29, 1.82) is 0 Å². The standard InChI is InChI=1S/C20H31N3O2/c1-4-5-7-17-8-10-18(11-9-17)19(24)22-12-6-13-23(15-14-22)20(25)21-16(2)3/h8-11,16H,4-7,12-15H2,1-3H3,(H,21,25). The van der Waals surface area contributed by atoms with Crippen LogP contribution in [0.5, 0.6) is 0 Å². The van der Waals surface area contributed by atoms with E-state index < -0.39 is 0 Å². The van der Waals surface area contributed by atoms with Crippen molar-refractivity contribution in [3.05, 3.63) is 35.4 Å². The Kier molecular flexibility index (Phi) is 7.29. The molecular formula is C20H31N3O2. The molecule has 1 saturated heterocycles. The molecule has 0 aliphatic carbocycles.